The minimum atomic E-state index is -3.68. The quantitative estimate of drug-likeness (QED) is 0.781. The van der Waals surface area contributed by atoms with Crippen LogP contribution in [0.4, 0.5) is 5.82 Å². The molecular weight excluding hydrogens is 286 g/mol. The first kappa shape index (κ1) is 13.6. The van der Waals surface area contributed by atoms with E-state index in [1.165, 1.54) is 0 Å². The molecule has 21 heavy (non-hydrogen) atoms. The van der Waals surface area contributed by atoms with Crippen LogP contribution in [0.3, 0.4) is 0 Å². The Kier molecular flexibility index (Phi) is 3.17. The van der Waals surface area contributed by atoms with Gasteiger partial charge >= 0.3 is 0 Å². The molecule has 0 saturated heterocycles. The summed E-state index contributed by atoms with van der Waals surface area (Å²) >= 11 is 0. The van der Waals surface area contributed by atoms with E-state index in [0.29, 0.717) is 11.2 Å². The van der Waals surface area contributed by atoms with Gasteiger partial charge < -0.3 is 0 Å². The molecule has 0 spiro atoms. The van der Waals surface area contributed by atoms with Crippen molar-refractivity contribution in [3.8, 4) is 0 Å². The van der Waals surface area contributed by atoms with E-state index in [1.54, 1.807) is 18.2 Å². The third-order valence-electron chi connectivity index (χ3n) is 3.52. The molecule has 108 valence electrons. The lowest BCUT2D eigenvalue weighted by Gasteiger charge is -2.09. The van der Waals surface area contributed by atoms with Crippen LogP contribution in [-0.4, -0.2) is 18.6 Å². The first-order valence-electron chi connectivity index (χ1n) is 6.51. The van der Waals surface area contributed by atoms with Crippen LogP contribution in [0.5, 0.6) is 0 Å². The van der Waals surface area contributed by atoms with E-state index < -0.39 is 10.0 Å². The lowest BCUT2D eigenvalue weighted by Crippen LogP contribution is -2.14. The van der Waals surface area contributed by atoms with Crippen molar-refractivity contribution < 1.29 is 8.42 Å². The highest BCUT2D eigenvalue weighted by atomic mass is 32.2. The molecule has 0 aliphatic heterocycles. The van der Waals surface area contributed by atoms with Gasteiger partial charge in [-0.15, -0.1) is 0 Å². The number of fused-ring (bicyclic) bond motifs is 1. The molecule has 0 amide bonds. The Morgan fingerprint density at radius 1 is 1.05 bits per heavy atom. The number of aromatic nitrogens is 2. The summed E-state index contributed by atoms with van der Waals surface area (Å²) in [5.41, 5.74) is 1.63. The summed E-state index contributed by atoms with van der Waals surface area (Å²) in [5.74, 6) is 0.334. The van der Waals surface area contributed by atoms with E-state index in [4.69, 9.17) is 0 Å². The second-order valence-electron chi connectivity index (χ2n) is 4.90. The van der Waals surface area contributed by atoms with Gasteiger partial charge in [0.2, 0.25) is 0 Å². The molecule has 0 atom stereocenters. The van der Waals surface area contributed by atoms with Gasteiger partial charge in [0.1, 0.15) is 0 Å². The van der Waals surface area contributed by atoms with Gasteiger partial charge in [-0.3, -0.25) is 9.82 Å². The molecule has 3 aromatic rings. The standard InChI is InChI=1S/C15H15N3O2S/c1-10-11(2)16-17-15(10)18-21(19,20)14-9-5-7-12-6-3-4-8-13(12)14/h3-9H,1-2H3,(H2,16,17,18). The Labute approximate surface area is 123 Å². The van der Waals surface area contributed by atoms with Crippen molar-refractivity contribution in [2.75, 3.05) is 4.72 Å². The zero-order valence-corrected chi connectivity index (χ0v) is 12.5. The summed E-state index contributed by atoms with van der Waals surface area (Å²) in [6.45, 7) is 3.66. The highest BCUT2D eigenvalue weighted by Crippen LogP contribution is 2.25. The van der Waals surface area contributed by atoms with Crippen molar-refractivity contribution in [3.05, 3.63) is 53.7 Å². The third-order valence-corrected chi connectivity index (χ3v) is 4.92. The summed E-state index contributed by atoms with van der Waals surface area (Å²) in [6.07, 6.45) is 0. The molecule has 0 saturated carbocycles. The minimum absolute atomic E-state index is 0.251. The maximum absolute atomic E-state index is 12.6. The predicted molar refractivity (Wildman–Crippen MR) is 82.8 cm³/mol. The van der Waals surface area contributed by atoms with Crippen LogP contribution < -0.4 is 4.72 Å². The van der Waals surface area contributed by atoms with Gasteiger partial charge in [-0.25, -0.2) is 8.42 Å². The lowest BCUT2D eigenvalue weighted by molar-refractivity contribution is 0.602. The van der Waals surface area contributed by atoms with Crippen molar-refractivity contribution in [1.82, 2.24) is 10.2 Å². The number of aromatic amines is 1. The molecule has 0 fully saturated rings. The van der Waals surface area contributed by atoms with Gasteiger partial charge in [0.15, 0.2) is 5.82 Å². The summed E-state index contributed by atoms with van der Waals surface area (Å²) in [4.78, 5) is 0.251. The average molecular weight is 301 g/mol. The summed E-state index contributed by atoms with van der Waals surface area (Å²) in [6, 6.07) is 12.6. The zero-order chi connectivity index (χ0) is 15.0. The first-order valence-corrected chi connectivity index (χ1v) is 7.99. The monoisotopic (exact) mass is 301 g/mol. The summed E-state index contributed by atoms with van der Waals surface area (Å²) in [7, 11) is -3.68. The largest absolute Gasteiger partial charge is 0.280 e. The molecule has 0 unspecified atom stereocenters. The Bertz CT molecular complexity index is 908. The van der Waals surface area contributed by atoms with E-state index in [-0.39, 0.29) is 4.90 Å². The Morgan fingerprint density at radius 2 is 1.76 bits per heavy atom. The van der Waals surface area contributed by atoms with E-state index in [0.717, 1.165) is 16.6 Å². The van der Waals surface area contributed by atoms with Crippen LogP contribution >= 0.6 is 0 Å². The lowest BCUT2D eigenvalue weighted by atomic mass is 10.1. The van der Waals surface area contributed by atoms with E-state index in [1.807, 2.05) is 38.1 Å². The first-order chi connectivity index (χ1) is 9.99. The third kappa shape index (κ3) is 2.38. The van der Waals surface area contributed by atoms with Gasteiger partial charge in [0, 0.05) is 16.6 Å². The highest BCUT2D eigenvalue weighted by Gasteiger charge is 2.19. The SMILES string of the molecule is Cc1[nH]nc(NS(=O)(=O)c2cccc3ccccc23)c1C. The molecule has 5 nitrogen and oxygen atoms in total. The number of hydrogen-bond donors (Lipinski definition) is 2. The molecule has 1 heterocycles. The number of rotatable bonds is 3. The van der Waals surface area contributed by atoms with E-state index >= 15 is 0 Å². The summed E-state index contributed by atoms with van der Waals surface area (Å²) < 4.78 is 27.8. The second kappa shape index (κ2) is 4.89. The molecule has 0 bridgehead atoms. The van der Waals surface area contributed by atoms with Crippen molar-refractivity contribution in [2.45, 2.75) is 18.7 Å². The molecule has 0 aliphatic rings. The number of anilines is 1. The number of benzene rings is 2. The molecule has 0 radical (unpaired) electrons. The minimum Gasteiger partial charge on any atom is -0.280 e. The molecular formula is C15H15N3O2S. The molecule has 3 rings (SSSR count). The fraction of sp³-hybridized carbons (Fsp3) is 0.133. The predicted octanol–water partition coefficient (Wildman–Crippen LogP) is 2.98. The van der Waals surface area contributed by atoms with Crippen LogP contribution in [0.2, 0.25) is 0 Å². The van der Waals surface area contributed by atoms with Gasteiger partial charge in [0.25, 0.3) is 10.0 Å². The summed E-state index contributed by atoms with van der Waals surface area (Å²) in [5, 5.41) is 8.34. The van der Waals surface area contributed by atoms with Gasteiger partial charge in [0.05, 0.1) is 4.90 Å². The Morgan fingerprint density at radius 3 is 2.48 bits per heavy atom. The molecule has 0 aliphatic carbocycles. The fourth-order valence-corrected chi connectivity index (χ4v) is 3.49. The molecule has 6 heteroatoms. The number of hydrogen-bond acceptors (Lipinski definition) is 3. The molecule has 1 aromatic heterocycles. The van der Waals surface area contributed by atoms with Crippen LogP contribution in [0.25, 0.3) is 10.8 Å². The Balaban J connectivity index is 2.11. The van der Waals surface area contributed by atoms with Crippen LogP contribution in [0, 0.1) is 13.8 Å². The number of sulfonamides is 1. The van der Waals surface area contributed by atoms with Crippen LogP contribution in [0.1, 0.15) is 11.3 Å². The fourth-order valence-electron chi connectivity index (χ4n) is 2.20. The van der Waals surface area contributed by atoms with Gasteiger partial charge in [-0.2, -0.15) is 5.10 Å². The number of aryl methyl sites for hydroxylation is 1. The van der Waals surface area contributed by atoms with E-state index in [2.05, 4.69) is 14.9 Å². The topological polar surface area (TPSA) is 74.8 Å². The van der Waals surface area contributed by atoms with Crippen molar-refractivity contribution in [1.29, 1.82) is 0 Å². The van der Waals surface area contributed by atoms with Crippen molar-refractivity contribution in [2.24, 2.45) is 0 Å². The normalized spacial score (nSPS) is 11.7. The van der Waals surface area contributed by atoms with E-state index in [9.17, 15) is 8.42 Å². The smallest absolute Gasteiger partial charge is 0.263 e. The number of nitrogens with one attached hydrogen (secondary N) is 2. The van der Waals surface area contributed by atoms with Crippen LogP contribution in [-0.2, 0) is 10.0 Å². The molecule has 2 N–H and O–H groups in total. The second-order valence-corrected chi connectivity index (χ2v) is 6.56. The maximum Gasteiger partial charge on any atom is 0.263 e. The van der Waals surface area contributed by atoms with Gasteiger partial charge in [-0.05, 0) is 25.3 Å². The Hall–Kier alpha value is -2.34. The average Bonchev–Trinajstić information content (AvgIpc) is 2.78. The van der Waals surface area contributed by atoms with Crippen molar-refractivity contribution >= 4 is 26.6 Å². The zero-order valence-electron chi connectivity index (χ0n) is 11.7. The van der Waals surface area contributed by atoms with Crippen LogP contribution in [0.15, 0.2) is 47.4 Å². The maximum atomic E-state index is 12.6. The van der Waals surface area contributed by atoms with Crippen molar-refractivity contribution in [3.63, 3.8) is 0 Å². The molecule has 2 aromatic carbocycles. The number of nitrogens with zero attached hydrogens (tertiary/aromatic N) is 1. The highest BCUT2D eigenvalue weighted by molar-refractivity contribution is 7.93. The number of H-pyrrole nitrogens is 1. The van der Waals surface area contributed by atoms with Gasteiger partial charge in [-0.1, -0.05) is 36.4 Å².